The van der Waals surface area contributed by atoms with Crippen molar-refractivity contribution in [1.82, 2.24) is 0 Å². The topological polar surface area (TPSA) is 52.8 Å². The van der Waals surface area contributed by atoms with E-state index in [1.807, 2.05) is 26.8 Å². The molecule has 3 nitrogen and oxygen atoms in total. The fourth-order valence-electron chi connectivity index (χ4n) is 3.67. The van der Waals surface area contributed by atoms with E-state index in [4.69, 9.17) is 12.4 Å². The van der Waals surface area contributed by atoms with Gasteiger partial charge >= 0.3 is 0 Å². The highest BCUT2D eigenvalue weighted by Gasteiger charge is 2.53. The summed E-state index contributed by atoms with van der Waals surface area (Å²) in [7, 11) is 0. The number of hydrogen-bond acceptors (Lipinski definition) is 4. The van der Waals surface area contributed by atoms with E-state index in [0.717, 1.165) is 18.4 Å². The normalized spacial score (nSPS) is 46.7. The average molecular weight is 283 g/mol. The van der Waals surface area contributed by atoms with Crippen LogP contribution in [0.2, 0.25) is 0 Å². The third kappa shape index (κ3) is 2.39. The molecule has 0 heterocycles. The summed E-state index contributed by atoms with van der Waals surface area (Å²) >= 11 is 5.01. The van der Waals surface area contributed by atoms with Crippen LogP contribution >= 0.6 is 0 Å². The minimum Gasteiger partial charge on any atom is -0.386 e. The summed E-state index contributed by atoms with van der Waals surface area (Å²) < 4.78 is 4.19. The zero-order valence-corrected chi connectivity index (χ0v) is 13.1. The number of nitrogens with zero attached hydrogens (tertiary/aromatic N) is 1. The summed E-state index contributed by atoms with van der Waals surface area (Å²) in [6, 6.07) is 0. The van der Waals surface area contributed by atoms with Crippen molar-refractivity contribution < 1.29 is 10.2 Å². The third-order valence-corrected chi connectivity index (χ3v) is 5.62. The summed E-state index contributed by atoms with van der Waals surface area (Å²) in [5, 5.41) is 21.4. The highest BCUT2D eigenvalue weighted by molar-refractivity contribution is 7.47. The number of rotatable bonds is 2. The van der Waals surface area contributed by atoms with Crippen molar-refractivity contribution in [3.8, 4) is 0 Å². The van der Waals surface area contributed by atoms with Gasteiger partial charge in [0.15, 0.2) is 0 Å². The summed E-state index contributed by atoms with van der Waals surface area (Å²) in [6.07, 6.45) is 4.90. The first kappa shape index (κ1) is 15.1. The van der Waals surface area contributed by atoms with Gasteiger partial charge in [-0.05, 0) is 51.0 Å². The van der Waals surface area contributed by atoms with Crippen LogP contribution < -0.4 is 0 Å². The summed E-state index contributed by atoms with van der Waals surface area (Å²) in [5.74, 6) is 0.288. The van der Waals surface area contributed by atoms with Gasteiger partial charge in [0.25, 0.3) is 0 Å². The molecule has 0 radical (unpaired) electrons. The van der Waals surface area contributed by atoms with E-state index >= 15 is 0 Å². The summed E-state index contributed by atoms with van der Waals surface area (Å²) in [6.45, 7) is 7.97. The average Bonchev–Trinajstić information content (AvgIpc) is 2.33. The molecular formula is C15H25NO2S. The van der Waals surface area contributed by atoms with E-state index in [0.29, 0.717) is 12.8 Å². The molecule has 19 heavy (non-hydrogen) atoms. The van der Waals surface area contributed by atoms with Crippen LogP contribution in [-0.4, -0.2) is 27.0 Å². The van der Waals surface area contributed by atoms with Gasteiger partial charge < -0.3 is 10.2 Å². The zero-order chi connectivity index (χ0) is 14.5. The maximum absolute atomic E-state index is 11.0. The first-order valence-electron chi connectivity index (χ1n) is 7.17. The second-order valence-corrected chi connectivity index (χ2v) is 7.26. The number of hydrogen-bond donors (Lipinski definition) is 2. The van der Waals surface area contributed by atoms with Gasteiger partial charge in [-0.25, -0.2) is 4.36 Å². The van der Waals surface area contributed by atoms with Crippen LogP contribution in [0.1, 0.15) is 53.4 Å². The quantitative estimate of drug-likeness (QED) is 0.766. The van der Waals surface area contributed by atoms with Gasteiger partial charge in [0.05, 0.1) is 16.7 Å². The van der Waals surface area contributed by atoms with Gasteiger partial charge in [0.1, 0.15) is 0 Å². The first-order valence-corrected chi connectivity index (χ1v) is 7.54. The molecule has 0 saturated heterocycles. The molecule has 2 aliphatic rings. The molecular weight excluding hydrogens is 258 g/mol. The van der Waals surface area contributed by atoms with E-state index in [1.165, 1.54) is 0 Å². The van der Waals surface area contributed by atoms with Crippen molar-refractivity contribution in [2.45, 2.75) is 70.1 Å². The van der Waals surface area contributed by atoms with E-state index in [1.54, 1.807) is 0 Å². The highest BCUT2D eigenvalue weighted by Crippen LogP contribution is 2.52. The molecule has 108 valence electrons. The molecule has 4 heteroatoms. The van der Waals surface area contributed by atoms with Crippen molar-refractivity contribution in [2.75, 3.05) is 0 Å². The minimum absolute atomic E-state index is 0.129. The lowest BCUT2D eigenvalue weighted by Crippen LogP contribution is -2.54. The Morgan fingerprint density at radius 2 is 1.89 bits per heavy atom. The molecule has 0 aromatic heterocycles. The fraction of sp³-hybridized carbons (Fsp3) is 0.867. The highest BCUT2D eigenvalue weighted by atomic mass is 32.1. The van der Waals surface area contributed by atoms with Gasteiger partial charge in [-0.1, -0.05) is 19.9 Å². The lowest BCUT2D eigenvalue weighted by Gasteiger charge is -2.52. The Morgan fingerprint density at radius 3 is 2.42 bits per heavy atom. The third-order valence-electron chi connectivity index (χ3n) is 5.21. The monoisotopic (exact) mass is 283 g/mol. The van der Waals surface area contributed by atoms with Crippen molar-refractivity contribution in [1.29, 1.82) is 0 Å². The Balaban J connectivity index is 2.51. The Hall–Kier alpha value is -0.320. The van der Waals surface area contributed by atoms with Crippen molar-refractivity contribution in [2.24, 2.45) is 16.2 Å². The maximum Gasteiger partial charge on any atom is 0.0885 e. The SMILES string of the molecule is CC(C)[C@@]1(O)CC[C@](C)(N=S)[C@@H]2CC[C@@](C)(O)C=C21. The van der Waals surface area contributed by atoms with Crippen LogP contribution in [0.15, 0.2) is 16.0 Å². The number of fused-ring (bicyclic) bond motifs is 1. The molecule has 2 N–H and O–H groups in total. The maximum atomic E-state index is 11.0. The molecule has 2 rings (SSSR count). The second-order valence-electron chi connectivity index (χ2n) is 7.08. The Kier molecular flexibility index (Phi) is 3.65. The molecule has 1 saturated carbocycles. The molecule has 0 amide bonds. The lowest BCUT2D eigenvalue weighted by atomic mass is 9.57. The molecule has 2 aliphatic carbocycles. The van der Waals surface area contributed by atoms with Crippen molar-refractivity contribution in [3.63, 3.8) is 0 Å². The first-order chi connectivity index (χ1) is 8.65. The van der Waals surface area contributed by atoms with Gasteiger partial charge in [-0.3, -0.25) is 0 Å². The second kappa shape index (κ2) is 4.61. The molecule has 0 aromatic rings. The predicted octanol–water partition coefficient (Wildman–Crippen LogP) is 2.74. The van der Waals surface area contributed by atoms with E-state index in [2.05, 4.69) is 11.3 Å². The van der Waals surface area contributed by atoms with E-state index < -0.39 is 11.2 Å². The summed E-state index contributed by atoms with van der Waals surface area (Å²) in [4.78, 5) is 0. The Bertz CT molecular complexity index is 418. The smallest absolute Gasteiger partial charge is 0.0885 e. The summed E-state index contributed by atoms with van der Waals surface area (Å²) in [5.41, 5.74) is -0.969. The molecule has 4 atom stereocenters. The molecule has 0 bridgehead atoms. The van der Waals surface area contributed by atoms with Gasteiger partial charge in [0.2, 0.25) is 0 Å². The van der Waals surface area contributed by atoms with Gasteiger partial charge in [0, 0.05) is 18.3 Å². The van der Waals surface area contributed by atoms with Crippen LogP contribution in [0.25, 0.3) is 0 Å². The fourth-order valence-corrected chi connectivity index (χ4v) is 3.88. The zero-order valence-electron chi connectivity index (χ0n) is 12.3. The van der Waals surface area contributed by atoms with E-state index in [-0.39, 0.29) is 17.4 Å². The largest absolute Gasteiger partial charge is 0.386 e. The van der Waals surface area contributed by atoms with Crippen molar-refractivity contribution in [3.05, 3.63) is 11.6 Å². The lowest BCUT2D eigenvalue weighted by molar-refractivity contribution is -0.0353. The van der Waals surface area contributed by atoms with Crippen molar-refractivity contribution >= 4 is 12.4 Å². The molecule has 0 aliphatic heterocycles. The molecule has 0 unspecified atom stereocenters. The van der Waals surface area contributed by atoms with E-state index in [9.17, 15) is 10.2 Å². The molecule has 0 aromatic carbocycles. The molecule has 1 fully saturated rings. The minimum atomic E-state index is -0.825. The van der Waals surface area contributed by atoms with Gasteiger partial charge in [-0.2, -0.15) is 0 Å². The van der Waals surface area contributed by atoms with Crippen LogP contribution in [0, 0.1) is 11.8 Å². The molecule has 0 spiro atoms. The Labute approximate surface area is 121 Å². The van der Waals surface area contributed by atoms with Crippen LogP contribution in [0.3, 0.4) is 0 Å². The number of aliphatic hydroxyl groups is 2. The van der Waals surface area contributed by atoms with Crippen LogP contribution in [0.4, 0.5) is 0 Å². The Morgan fingerprint density at radius 1 is 1.26 bits per heavy atom. The predicted molar refractivity (Wildman–Crippen MR) is 78.7 cm³/mol. The standard InChI is InChI=1S/C15H25NO2S/c1-10(2)15(18)8-7-14(4,16-19)11-5-6-13(3,17)9-12(11)15/h9-11,17-18H,5-8H2,1-4H3/t11-,13-,14+,15+/m1/s1. The van der Waals surface area contributed by atoms with Crippen LogP contribution in [0.5, 0.6) is 0 Å². The van der Waals surface area contributed by atoms with Crippen LogP contribution in [-0.2, 0) is 12.4 Å². The van der Waals surface area contributed by atoms with Gasteiger partial charge in [-0.15, -0.1) is 0 Å².